The second kappa shape index (κ2) is 10.2. The minimum atomic E-state index is -0.242. The molecule has 0 aromatic heterocycles. The van der Waals surface area contributed by atoms with E-state index in [-0.39, 0.29) is 17.7 Å². The Balaban J connectivity index is 2.13. The number of rotatable bonds is 7. The number of allylic oxidation sites excluding steroid dienone is 1. The summed E-state index contributed by atoms with van der Waals surface area (Å²) < 4.78 is 11.1. The van der Waals surface area contributed by atoms with E-state index in [9.17, 15) is 4.79 Å². The molecule has 1 saturated heterocycles. The summed E-state index contributed by atoms with van der Waals surface area (Å²) in [7, 11) is 3.41. The number of amides is 1. The number of hydrogen-bond donors (Lipinski definition) is 4. The van der Waals surface area contributed by atoms with Crippen LogP contribution >= 0.6 is 12.6 Å². The third kappa shape index (κ3) is 5.90. The molecule has 7 nitrogen and oxygen atoms in total. The largest absolute Gasteiger partial charge is 0.488 e. The zero-order valence-electron chi connectivity index (χ0n) is 16.0. The summed E-state index contributed by atoms with van der Waals surface area (Å²) in [5.74, 6) is 0.351. The quantitative estimate of drug-likeness (QED) is 0.322. The molecule has 0 aliphatic carbocycles. The fourth-order valence-electron chi connectivity index (χ4n) is 2.67. The van der Waals surface area contributed by atoms with Crippen LogP contribution in [0.15, 0.2) is 33.8 Å². The second-order valence-electron chi connectivity index (χ2n) is 6.29. The molecule has 1 aliphatic heterocycles. The minimum absolute atomic E-state index is 0.0880. The molecule has 1 fully saturated rings. The Hall–Kier alpha value is -2.19. The van der Waals surface area contributed by atoms with Crippen molar-refractivity contribution >= 4 is 29.9 Å². The van der Waals surface area contributed by atoms with Crippen molar-refractivity contribution in [1.29, 1.82) is 0 Å². The van der Waals surface area contributed by atoms with Gasteiger partial charge in [0.2, 0.25) is 0 Å². The first-order chi connectivity index (χ1) is 13.0. The summed E-state index contributed by atoms with van der Waals surface area (Å²) in [5.41, 5.74) is 8.33. The van der Waals surface area contributed by atoms with Gasteiger partial charge in [-0.05, 0) is 38.0 Å². The van der Waals surface area contributed by atoms with Crippen molar-refractivity contribution in [1.82, 2.24) is 10.6 Å². The Labute approximate surface area is 165 Å². The van der Waals surface area contributed by atoms with Gasteiger partial charge in [0.05, 0.1) is 0 Å². The van der Waals surface area contributed by atoms with Gasteiger partial charge in [-0.3, -0.25) is 9.79 Å². The Morgan fingerprint density at radius 2 is 2.11 bits per heavy atom. The molecule has 1 amide bonds. The highest BCUT2D eigenvalue weighted by molar-refractivity contribution is 7.84. The number of benzene rings is 1. The topological polar surface area (TPSA) is 98.0 Å². The van der Waals surface area contributed by atoms with Crippen LogP contribution in [0.1, 0.15) is 25.3 Å². The number of nitrogen functional groups attached to an aromatic ring is 1. The number of thiol groups is 1. The number of anilines is 1. The number of carbonyl (C=O) groups is 1. The lowest BCUT2D eigenvalue weighted by Crippen LogP contribution is -2.42. The van der Waals surface area contributed by atoms with Gasteiger partial charge in [0.1, 0.15) is 18.1 Å². The summed E-state index contributed by atoms with van der Waals surface area (Å²) in [6, 6.07) is 5.30. The number of nitrogens with one attached hydrogen (secondary N) is 2. The highest BCUT2D eigenvalue weighted by Gasteiger charge is 2.22. The molecule has 1 aromatic rings. The van der Waals surface area contributed by atoms with Crippen LogP contribution in [0.2, 0.25) is 0 Å². The van der Waals surface area contributed by atoms with Gasteiger partial charge in [0.15, 0.2) is 0 Å². The lowest BCUT2D eigenvalue weighted by atomic mass is 10.0. The molecule has 27 heavy (non-hydrogen) atoms. The summed E-state index contributed by atoms with van der Waals surface area (Å²) in [5, 5.41) is 6.04. The van der Waals surface area contributed by atoms with Gasteiger partial charge < -0.3 is 25.8 Å². The SMILES string of the molecule is CN=C(C(=O)NC1CCOCC1)c1cc(OC/C(S)=C(\C)NC)ccc1N. The molecular formula is C19H28N4O3S. The molecule has 148 valence electrons. The number of nitrogens with two attached hydrogens (primary N) is 1. The van der Waals surface area contributed by atoms with Crippen LogP contribution in [0.5, 0.6) is 5.75 Å². The maximum Gasteiger partial charge on any atom is 0.270 e. The van der Waals surface area contributed by atoms with E-state index in [1.807, 2.05) is 14.0 Å². The van der Waals surface area contributed by atoms with Crippen LogP contribution in [0.3, 0.4) is 0 Å². The molecule has 1 heterocycles. The fraction of sp³-hybridized carbons (Fsp3) is 0.474. The summed E-state index contributed by atoms with van der Waals surface area (Å²) in [6.07, 6.45) is 1.59. The van der Waals surface area contributed by atoms with Gasteiger partial charge in [-0.25, -0.2) is 0 Å². The van der Waals surface area contributed by atoms with Crippen molar-refractivity contribution < 1.29 is 14.3 Å². The maximum absolute atomic E-state index is 12.7. The van der Waals surface area contributed by atoms with E-state index in [1.165, 1.54) is 0 Å². The molecule has 2 rings (SSSR count). The molecule has 1 aromatic carbocycles. The molecule has 4 N–H and O–H groups in total. The zero-order valence-corrected chi connectivity index (χ0v) is 16.9. The molecule has 0 atom stereocenters. The van der Waals surface area contributed by atoms with Gasteiger partial charge in [0.25, 0.3) is 5.91 Å². The molecule has 0 radical (unpaired) electrons. The van der Waals surface area contributed by atoms with Crippen LogP contribution in [-0.4, -0.2) is 51.6 Å². The van der Waals surface area contributed by atoms with Crippen molar-refractivity contribution in [2.24, 2.45) is 4.99 Å². The lowest BCUT2D eigenvalue weighted by Gasteiger charge is -2.23. The second-order valence-corrected chi connectivity index (χ2v) is 6.83. The lowest BCUT2D eigenvalue weighted by molar-refractivity contribution is -0.116. The molecule has 0 spiro atoms. The normalized spacial score (nSPS) is 16.5. The average molecular weight is 393 g/mol. The fourth-order valence-corrected chi connectivity index (χ4v) is 2.85. The predicted molar refractivity (Wildman–Crippen MR) is 112 cm³/mol. The number of nitrogens with zero attached hydrogens (tertiary/aromatic N) is 1. The van der Waals surface area contributed by atoms with Crippen LogP contribution < -0.4 is 21.1 Å². The monoisotopic (exact) mass is 392 g/mol. The van der Waals surface area contributed by atoms with Crippen molar-refractivity contribution in [2.75, 3.05) is 39.6 Å². The number of carbonyl (C=O) groups excluding carboxylic acids is 1. The van der Waals surface area contributed by atoms with Crippen LogP contribution in [0, 0.1) is 0 Å². The van der Waals surface area contributed by atoms with Gasteiger partial charge in [0, 0.05) is 55.2 Å². The van der Waals surface area contributed by atoms with Crippen LogP contribution in [0.4, 0.5) is 5.69 Å². The van der Waals surface area contributed by atoms with E-state index in [2.05, 4.69) is 28.3 Å². The predicted octanol–water partition coefficient (Wildman–Crippen LogP) is 1.74. The molecule has 0 unspecified atom stereocenters. The first-order valence-electron chi connectivity index (χ1n) is 8.90. The van der Waals surface area contributed by atoms with Gasteiger partial charge in [-0.2, -0.15) is 0 Å². The highest BCUT2D eigenvalue weighted by Crippen LogP contribution is 2.22. The Morgan fingerprint density at radius 1 is 1.41 bits per heavy atom. The molecule has 8 heteroatoms. The molecule has 0 saturated carbocycles. The number of aliphatic imine (C=N–C) groups is 1. The van der Waals surface area contributed by atoms with Crippen molar-refractivity contribution in [3.8, 4) is 5.75 Å². The van der Waals surface area contributed by atoms with Gasteiger partial charge in [-0.1, -0.05) is 0 Å². The Bertz CT molecular complexity index is 728. The van der Waals surface area contributed by atoms with Gasteiger partial charge >= 0.3 is 0 Å². The zero-order chi connectivity index (χ0) is 19.8. The highest BCUT2D eigenvalue weighted by atomic mass is 32.1. The van der Waals surface area contributed by atoms with E-state index in [0.717, 1.165) is 23.4 Å². The smallest absolute Gasteiger partial charge is 0.270 e. The molecular weight excluding hydrogens is 364 g/mol. The summed E-state index contributed by atoms with van der Waals surface area (Å²) in [4.78, 5) is 17.6. The van der Waals surface area contributed by atoms with Crippen molar-refractivity contribution in [2.45, 2.75) is 25.8 Å². The van der Waals surface area contributed by atoms with Crippen LogP contribution in [-0.2, 0) is 9.53 Å². The molecule has 0 bridgehead atoms. The van der Waals surface area contributed by atoms with E-state index in [4.69, 9.17) is 15.2 Å². The Morgan fingerprint density at radius 3 is 2.74 bits per heavy atom. The van der Waals surface area contributed by atoms with E-state index >= 15 is 0 Å². The van der Waals surface area contributed by atoms with Crippen LogP contribution in [0.25, 0.3) is 0 Å². The third-order valence-corrected chi connectivity index (χ3v) is 4.92. The van der Waals surface area contributed by atoms with E-state index in [0.29, 0.717) is 36.8 Å². The van der Waals surface area contributed by atoms with Gasteiger partial charge in [-0.15, -0.1) is 12.6 Å². The first-order valence-corrected chi connectivity index (χ1v) is 9.35. The van der Waals surface area contributed by atoms with E-state index in [1.54, 1.807) is 25.2 Å². The maximum atomic E-state index is 12.7. The standard InChI is InChI=1S/C19H28N4O3S/c1-12(21-2)17(27)11-26-14-4-5-16(20)15(10-14)18(22-3)19(24)23-13-6-8-25-9-7-13/h4-5,10,13,21,27H,6-9,11,20H2,1-3H3,(H,23,24)/b17-12-,22-18?. The molecule has 1 aliphatic rings. The third-order valence-electron chi connectivity index (χ3n) is 4.46. The Kier molecular flexibility index (Phi) is 7.99. The van der Waals surface area contributed by atoms with Crippen molar-refractivity contribution in [3.05, 3.63) is 34.4 Å². The number of ether oxygens (including phenoxy) is 2. The van der Waals surface area contributed by atoms with E-state index < -0.39 is 0 Å². The summed E-state index contributed by atoms with van der Waals surface area (Å²) in [6.45, 7) is 3.54. The minimum Gasteiger partial charge on any atom is -0.488 e. The van der Waals surface area contributed by atoms with Crippen molar-refractivity contribution in [3.63, 3.8) is 0 Å². The average Bonchev–Trinajstić information content (AvgIpc) is 2.68. The first kappa shape index (κ1) is 21.1. The summed E-state index contributed by atoms with van der Waals surface area (Å²) >= 11 is 4.42. The number of hydrogen-bond acceptors (Lipinski definition) is 7.